The van der Waals surface area contributed by atoms with Gasteiger partial charge < -0.3 is 20.5 Å². The first kappa shape index (κ1) is 18.9. The van der Waals surface area contributed by atoms with Gasteiger partial charge in [0, 0.05) is 5.69 Å². The van der Waals surface area contributed by atoms with Crippen LogP contribution >= 0.6 is 23.2 Å². The number of anilines is 2. The SMILES string of the molecule is O=C(O)C(=O)Nc1cc(Cl)c(Oc2ccc3c(c2)C(F)(F)C(=O)N3)c(Cl)c1. The monoisotopic (exact) mass is 416 g/mol. The summed E-state index contributed by atoms with van der Waals surface area (Å²) >= 11 is 12.0. The quantitative estimate of drug-likeness (QED) is 0.659. The summed E-state index contributed by atoms with van der Waals surface area (Å²) < 4.78 is 33.1. The van der Waals surface area contributed by atoms with Crippen molar-refractivity contribution in [2.75, 3.05) is 10.6 Å². The number of carboxylic acids is 1. The van der Waals surface area contributed by atoms with E-state index in [1.807, 2.05) is 0 Å². The minimum Gasteiger partial charge on any atom is -0.474 e. The lowest BCUT2D eigenvalue weighted by Crippen LogP contribution is -2.23. The molecule has 7 nitrogen and oxygen atoms in total. The highest BCUT2D eigenvalue weighted by Crippen LogP contribution is 2.44. The van der Waals surface area contributed by atoms with Crippen LogP contribution in [-0.4, -0.2) is 22.9 Å². The van der Waals surface area contributed by atoms with Crippen molar-refractivity contribution in [2.24, 2.45) is 0 Å². The number of benzene rings is 2. The molecule has 1 heterocycles. The molecule has 0 atom stereocenters. The molecule has 2 aromatic rings. The lowest BCUT2D eigenvalue weighted by molar-refractivity contribution is -0.147. The first-order valence-corrected chi connectivity index (χ1v) is 7.90. The molecule has 0 bridgehead atoms. The average Bonchev–Trinajstić information content (AvgIpc) is 2.80. The van der Waals surface area contributed by atoms with E-state index in [1.165, 1.54) is 24.3 Å². The molecule has 11 heteroatoms. The molecule has 3 rings (SSSR count). The Bertz CT molecular complexity index is 974. The molecule has 140 valence electrons. The zero-order chi connectivity index (χ0) is 19.9. The number of ether oxygens (including phenoxy) is 1. The van der Waals surface area contributed by atoms with Gasteiger partial charge in [0.15, 0.2) is 5.75 Å². The summed E-state index contributed by atoms with van der Waals surface area (Å²) in [6.45, 7) is 0. The standard InChI is InChI=1S/C16H8Cl2F2N2O5/c17-9-3-6(21-13(23)14(24)25)4-10(18)12(9)27-7-1-2-11-8(5-7)16(19,20)15(26)22-11/h1-5H,(H,21,23)(H,22,26)(H,24,25). The number of alkyl halides is 2. The molecule has 3 N–H and O–H groups in total. The number of carbonyl (C=O) groups is 3. The van der Waals surface area contributed by atoms with Gasteiger partial charge in [-0.05, 0) is 30.3 Å². The van der Waals surface area contributed by atoms with Crippen LogP contribution in [0.4, 0.5) is 20.2 Å². The van der Waals surface area contributed by atoms with Gasteiger partial charge >= 0.3 is 17.8 Å². The van der Waals surface area contributed by atoms with Gasteiger partial charge in [-0.25, -0.2) is 4.79 Å². The molecule has 0 unspecified atom stereocenters. The van der Waals surface area contributed by atoms with Crippen molar-refractivity contribution in [1.29, 1.82) is 0 Å². The number of fused-ring (bicyclic) bond motifs is 1. The Balaban J connectivity index is 1.89. The van der Waals surface area contributed by atoms with Crippen LogP contribution in [0.25, 0.3) is 0 Å². The molecule has 27 heavy (non-hydrogen) atoms. The van der Waals surface area contributed by atoms with Gasteiger partial charge in [0.2, 0.25) is 0 Å². The number of carboxylic acid groups (broad SMARTS) is 1. The highest BCUT2D eigenvalue weighted by Gasteiger charge is 2.48. The molecule has 1 aliphatic rings. The fraction of sp³-hybridized carbons (Fsp3) is 0.0625. The van der Waals surface area contributed by atoms with E-state index >= 15 is 0 Å². The van der Waals surface area contributed by atoms with Crippen molar-refractivity contribution in [1.82, 2.24) is 0 Å². The van der Waals surface area contributed by atoms with Crippen LogP contribution in [0.3, 0.4) is 0 Å². The van der Waals surface area contributed by atoms with Crippen molar-refractivity contribution in [3.63, 3.8) is 0 Å². The number of aliphatic carboxylic acids is 1. The maximum Gasteiger partial charge on any atom is 0.394 e. The first-order valence-electron chi connectivity index (χ1n) is 7.14. The molecule has 0 spiro atoms. The fourth-order valence-corrected chi connectivity index (χ4v) is 2.87. The molecule has 2 aromatic carbocycles. The fourth-order valence-electron chi connectivity index (χ4n) is 2.31. The molecular formula is C16H8Cl2F2N2O5. The second-order valence-corrected chi connectivity index (χ2v) is 6.18. The third-order valence-electron chi connectivity index (χ3n) is 3.53. The van der Waals surface area contributed by atoms with E-state index in [0.29, 0.717) is 0 Å². The van der Waals surface area contributed by atoms with E-state index in [4.69, 9.17) is 33.0 Å². The third-order valence-corrected chi connectivity index (χ3v) is 4.09. The Labute approximate surface area is 159 Å². The van der Waals surface area contributed by atoms with Crippen LogP contribution in [0.1, 0.15) is 5.56 Å². The summed E-state index contributed by atoms with van der Waals surface area (Å²) in [6, 6.07) is 5.90. The van der Waals surface area contributed by atoms with Gasteiger partial charge in [-0.3, -0.25) is 9.59 Å². The molecule has 0 aromatic heterocycles. The summed E-state index contributed by atoms with van der Waals surface area (Å²) in [4.78, 5) is 33.0. The summed E-state index contributed by atoms with van der Waals surface area (Å²) in [6.07, 6.45) is 0. The highest BCUT2D eigenvalue weighted by molar-refractivity contribution is 6.39. The van der Waals surface area contributed by atoms with Gasteiger partial charge in [-0.1, -0.05) is 23.2 Å². The Morgan fingerprint density at radius 2 is 1.78 bits per heavy atom. The summed E-state index contributed by atoms with van der Waals surface area (Å²) in [5.41, 5.74) is -0.594. The van der Waals surface area contributed by atoms with Gasteiger partial charge in [0.05, 0.1) is 21.3 Å². The lowest BCUT2D eigenvalue weighted by atomic mass is 10.1. The molecule has 0 saturated heterocycles. The van der Waals surface area contributed by atoms with E-state index in [-0.39, 0.29) is 32.9 Å². The topological polar surface area (TPSA) is 105 Å². The summed E-state index contributed by atoms with van der Waals surface area (Å²) in [5, 5.41) is 12.5. The summed E-state index contributed by atoms with van der Waals surface area (Å²) in [7, 11) is 0. The zero-order valence-electron chi connectivity index (χ0n) is 13.0. The number of amides is 2. The van der Waals surface area contributed by atoms with E-state index in [9.17, 15) is 23.2 Å². The second kappa shape index (κ2) is 6.67. The van der Waals surface area contributed by atoms with Crippen molar-refractivity contribution in [3.8, 4) is 11.5 Å². The van der Waals surface area contributed by atoms with Crippen molar-refractivity contribution in [2.45, 2.75) is 5.92 Å². The van der Waals surface area contributed by atoms with Crippen LogP contribution in [0.15, 0.2) is 30.3 Å². The van der Waals surface area contributed by atoms with Crippen LogP contribution < -0.4 is 15.4 Å². The molecule has 2 amide bonds. The average molecular weight is 417 g/mol. The Hall–Kier alpha value is -2.91. The Morgan fingerprint density at radius 1 is 1.15 bits per heavy atom. The number of rotatable bonds is 3. The molecule has 0 radical (unpaired) electrons. The maximum atomic E-state index is 13.8. The smallest absolute Gasteiger partial charge is 0.394 e. The second-order valence-electron chi connectivity index (χ2n) is 5.37. The molecule has 0 fully saturated rings. The van der Waals surface area contributed by atoms with E-state index < -0.39 is 29.3 Å². The van der Waals surface area contributed by atoms with Gasteiger partial charge in [-0.2, -0.15) is 8.78 Å². The third kappa shape index (κ3) is 3.51. The van der Waals surface area contributed by atoms with Crippen molar-refractivity contribution < 1.29 is 33.0 Å². The number of carbonyl (C=O) groups excluding carboxylic acids is 2. The number of hydrogen-bond acceptors (Lipinski definition) is 4. The first-order chi connectivity index (χ1) is 12.6. The van der Waals surface area contributed by atoms with Crippen LogP contribution in [-0.2, 0) is 20.3 Å². The van der Waals surface area contributed by atoms with E-state index in [0.717, 1.165) is 6.07 Å². The molecule has 1 aliphatic heterocycles. The molecule has 0 aliphatic carbocycles. The van der Waals surface area contributed by atoms with Gasteiger partial charge in [-0.15, -0.1) is 0 Å². The predicted octanol–water partition coefficient (Wildman–Crippen LogP) is 3.85. The Kier molecular flexibility index (Phi) is 4.66. The largest absolute Gasteiger partial charge is 0.474 e. The molecule has 0 saturated carbocycles. The zero-order valence-corrected chi connectivity index (χ0v) is 14.5. The van der Waals surface area contributed by atoms with E-state index in [2.05, 4.69) is 10.6 Å². The van der Waals surface area contributed by atoms with Crippen molar-refractivity contribution >= 4 is 52.4 Å². The highest BCUT2D eigenvalue weighted by atomic mass is 35.5. The van der Waals surface area contributed by atoms with Crippen LogP contribution in [0, 0.1) is 0 Å². The van der Waals surface area contributed by atoms with Crippen LogP contribution in [0.5, 0.6) is 11.5 Å². The predicted molar refractivity (Wildman–Crippen MR) is 91.8 cm³/mol. The van der Waals surface area contributed by atoms with Crippen LogP contribution in [0.2, 0.25) is 10.0 Å². The van der Waals surface area contributed by atoms with Crippen molar-refractivity contribution in [3.05, 3.63) is 45.9 Å². The molecular weight excluding hydrogens is 409 g/mol. The number of hydrogen-bond donors (Lipinski definition) is 3. The Morgan fingerprint density at radius 3 is 2.37 bits per heavy atom. The number of nitrogens with one attached hydrogen (secondary N) is 2. The van der Waals surface area contributed by atoms with E-state index in [1.54, 1.807) is 0 Å². The van der Waals surface area contributed by atoms with Gasteiger partial charge in [0.1, 0.15) is 5.75 Å². The lowest BCUT2D eigenvalue weighted by Gasteiger charge is -2.13. The minimum atomic E-state index is -3.70. The van der Waals surface area contributed by atoms with Gasteiger partial charge in [0.25, 0.3) is 5.91 Å². The maximum absolute atomic E-state index is 13.8. The number of halogens is 4. The minimum absolute atomic E-state index is 0.0000309. The normalized spacial score (nSPS) is 14.3. The summed E-state index contributed by atoms with van der Waals surface area (Å²) in [5.74, 6) is -8.31.